The van der Waals surface area contributed by atoms with Gasteiger partial charge in [-0.25, -0.2) is 9.37 Å². The van der Waals surface area contributed by atoms with Crippen molar-refractivity contribution in [1.82, 2.24) is 14.9 Å². The van der Waals surface area contributed by atoms with Crippen molar-refractivity contribution in [2.24, 2.45) is 7.05 Å². The van der Waals surface area contributed by atoms with Crippen molar-refractivity contribution in [2.75, 3.05) is 0 Å². The highest BCUT2D eigenvalue weighted by molar-refractivity contribution is 7.07. The summed E-state index contributed by atoms with van der Waals surface area (Å²) in [6.07, 6.45) is 3.75. The highest BCUT2D eigenvalue weighted by Gasteiger charge is 2.21. The molecule has 0 aliphatic heterocycles. The second-order valence-electron chi connectivity index (χ2n) is 5.26. The van der Waals surface area contributed by atoms with Gasteiger partial charge in [-0.15, -0.1) is 0 Å². The monoisotopic (exact) mass is 329 g/mol. The fourth-order valence-corrected chi connectivity index (χ4v) is 3.10. The second kappa shape index (κ2) is 6.75. The van der Waals surface area contributed by atoms with E-state index in [1.807, 2.05) is 28.4 Å². The maximum absolute atomic E-state index is 13.6. The number of halogens is 1. The fourth-order valence-electron chi connectivity index (χ4n) is 2.43. The van der Waals surface area contributed by atoms with Crippen LogP contribution in [0.15, 0.2) is 53.5 Å². The van der Waals surface area contributed by atoms with Gasteiger partial charge in [0.25, 0.3) is 0 Å². The van der Waals surface area contributed by atoms with Gasteiger partial charge in [-0.1, -0.05) is 12.1 Å². The average Bonchev–Trinajstić information content (AvgIpc) is 3.16. The van der Waals surface area contributed by atoms with Crippen molar-refractivity contribution in [1.29, 1.82) is 0 Å². The molecule has 0 fully saturated rings. The lowest BCUT2D eigenvalue weighted by molar-refractivity contribution is -0.121. The zero-order valence-electron chi connectivity index (χ0n) is 12.6. The molecule has 1 atom stereocenters. The number of rotatable bonds is 5. The number of carbonyl (C=O) groups is 1. The summed E-state index contributed by atoms with van der Waals surface area (Å²) < 4.78 is 15.4. The molecule has 1 aromatic carbocycles. The number of carbonyl (C=O) groups excluding carboxylic acids is 1. The number of hydrogen-bond donors (Lipinski definition) is 1. The fraction of sp³-hybridized carbons (Fsp3) is 0.176. The molecule has 2 heterocycles. The summed E-state index contributed by atoms with van der Waals surface area (Å²) in [6, 6.07) is 7.65. The van der Waals surface area contributed by atoms with E-state index in [4.69, 9.17) is 0 Å². The average molecular weight is 329 g/mol. The number of thiophene rings is 1. The smallest absolute Gasteiger partial charge is 0.225 e. The van der Waals surface area contributed by atoms with Gasteiger partial charge in [0.2, 0.25) is 5.91 Å². The number of nitrogens with one attached hydrogen (secondary N) is 1. The number of amides is 1. The number of benzene rings is 1. The summed E-state index contributed by atoms with van der Waals surface area (Å²) in [6.45, 7) is 0. The molecule has 4 nitrogen and oxygen atoms in total. The summed E-state index contributed by atoms with van der Waals surface area (Å²) >= 11 is 1.55. The molecule has 118 valence electrons. The molecular formula is C17H16FN3OS. The Balaban J connectivity index is 1.86. The summed E-state index contributed by atoms with van der Waals surface area (Å²) in [4.78, 5) is 16.6. The molecule has 23 heavy (non-hydrogen) atoms. The van der Waals surface area contributed by atoms with Crippen molar-refractivity contribution in [3.63, 3.8) is 0 Å². The predicted octanol–water partition coefficient (Wildman–Crippen LogP) is 3.07. The van der Waals surface area contributed by atoms with Crippen LogP contribution in [0.4, 0.5) is 4.39 Å². The minimum absolute atomic E-state index is 0.124. The zero-order chi connectivity index (χ0) is 16.2. The maximum atomic E-state index is 13.6. The quantitative estimate of drug-likeness (QED) is 0.782. The van der Waals surface area contributed by atoms with E-state index in [9.17, 15) is 9.18 Å². The van der Waals surface area contributed by atoms with Crippen LogP contribution in [0.3, 0.4) is 0 Å². The summed E-state index contributed by atoms with van der Waals surface area (Å²) in [5.74, 6) is 0.198. The van der Waals surface area contributed by atoms with Gasteiger partial charge in [0.05, 0.1) is 6.42 Å². The molecule has 1 amide bonds. The van der Waals surface area contributed by atoms with Crippen LogP contribution < -0.4 is 5.32 Å². The molecule has 3 rings (SSSR count). The minimum Gasteiger partial charge on any atom is -0.342 e. The van der Waals surface area contributed by atoms with Crippen LogP contribution in [-0.2, 0) is 18.3 Å². The predicted molar refractivity (Wildman–Crippen MR) is 87.6 cm³/mol. The Morgan fingerprint density at radius 1 is 1.43 bits per heavy atom. The van der Waals surface area contributed by atoms with E-state index >= 15 is 0 Å². The lowest BCUT2D eigenvalue weighted by Crippen LogP contribution is -2.32. The third kappa shape index (κ3) is 3.65. The third-order valence-corrected chi connectivity index (χ3v) is 4.28. The van der Waals surface area contributed by atoms with Crippen LogP contribution in [0, 0.1) is 5.82 Å². The summed E-state index contributed by atoms with van der Waals surface area (Å²) in [7, 11) is 1.85. The Kier molecular flexibility index (Phi) is 4.52. The van der Waals surface area contributed by atoms with Gasteiger partial charge in [0.15, 0.2) is 0 Å². The molecule has 2 aromatic heterocycles. The highest BCUT2D eigenvalue weighted by atomic mass is 32.1. The molecule has 0 radical (unpaired) electrons. The van der Waals surface area contributed by atoms with E-state index in [1.54, 1.807) is 35.9 Å². The van der Waals surface area contributed by atoms with E-state index in [-0.39, 0.29) is 11.7 Å². The van der Waals surface area contributed by atoms with Gasteiger partial charge >= 0.3 is 0 Å². The lowest BCUT2D eigenvalue weighted by atomic mass is 10.1. The second-order valence-corrected chi connectivity index (χ2v) is 6.04. The molecule has 0 aliphatic rings. The first-order chi connectivity index (χ1) is 11.1. The minimum atomic E-state index is -0.489. The van der Waals surface area contributed by atoms with Crippen molar-refractivity contribution < 1.29 is 9.18 Å². The number of aromatic nitrogens is 2. The topological polar surface area (TPSA) is 46.9 Å². The van der Waals surface area contributed by atoms with E-state index in [1.165, 1.54) is 12.1 Å². The SMILES string of the molecule is Cn1ccnc1[C@@H](NC(=O)Cc1ccsc1)c1cccc(F)c1. The largest absolute Gasteiger partial charge is 0.342 e. The standard InChI is InChI=1S/C17H16FN3OS/c1-21-7-6-19-17(21)16(13-3-2-4-14(18)10-13)20-15(22)9-12-5-8-23-11-12/h2-8,10-11,16H,9H2,1H3,(H,20,22)/t16-/m0/s1. The first kappa shape index (κ1) is 15.4. The molecule has 0 bridgehead atoms. The maximum Gasteiger partial charge on any atom is 0.225 e. The van der Waals surface area contributed by atoms with Crippen LogP contribution in [0.25, 0.3) is 0 Å². The molecule has 6 heteroatoms. The van der Waals surface area contributed by atoms with E-state index in [2.05, 4.69) is 10.3 Å². The summed E-state index contributed by atoms with van der Waals surface area (Å²) in [5, 5.41) is 6.84. The Hall–Kier alpha value is -2.47. The molecule has 1 N–H and O–H groups in total. The first-order valence-electron chi connectivity index (χ1n) is 7.16. The van der Waals surface area contributed by atoms with Crippen molar-refractivity contribution >= 4 is 17.2 Å². The van der Waals surface area contributed by atoms with Gasteiger partial charge in [0.1, 0.15) is 17.7 Å². The lowest BCUT2D eigenvalue weighted by Gasteiger charge is -2.19. The van der Waals surface area contributed by atoms with Crippen LogP contribution in [0.2, 0.25) is 0 Å². The van der Waals surface area contributed by atoms with Crippen molar-refractivity contribution in [3.05, 3.63) is 76.3 Å². The number of hydrogen-bond acceptors (Lipinski definition) is 3. The van der Waals surface area contributed by atoms with Crippen LogP contribution in [-0.4, -0.2) is 15.5 Å². The Morgan fingerprint density at radius 2 is 2.30 bits per heavy atom. The molecule has 0 saturated heterocycles. The number of imidazole rings is 1. The molecular weight excluding hydrogens is 313 g/mol. The first-order valence-corrected chi connectivity index (χ1v) is 8.11. The third-order valence-electron chi connectivity index (χ3n) is 3.55. The Morgan fingerprint density at radius 3 is 2.96 bits per heavy atom. The summed E-state index contributed by atoms with van der Waals surface area (Å²) in [5.41, 5.74) is 1.63. The normalized spacial score (nSPS) is 12.1. The molecule has 0 spiro atoms. The molecule has 3 aromatic rings. The van der Waals surface area contributed by atoms with Crippen LogP contribution >= 0.6 is 11.3 Å². The zero-order valence-corrected chi connectivity index (χ0v) is 13.4. The highest BCUT2D eigenvalue weighted by Crippen LogP contribution is 2.21. The van der Waals surface area contributed by atoms with E-state index in [0.29, 0.717) is 17.8 Å². The van der Waals surface area contributed by atoms with Crippen LogP contribution in [0.1, 0.15) is 23.0 Å². The Bertz CT molecular complexity index is 798. The van der Waals surface area contributed by atoms with Crippen LogP contribution in [0.5, 0.6) is 0 Å². The van der Waals surface area contributed by atoms with Crippen molar-refractivity contribution in [2.45, 2.75) is 12.5 Å². The van der Waals surface area contributed by atoms with Gasteiger partial charge in [-0.2, -0.15) is 11.3 Å². The van der Waals surface area contributed by atoms with Gasteiger partial charge in [-0.3, -0.25) is 4.79 Å². The van der Waals surface area contributed by atoms with Gasteiger partial charge < -0.3 is 9.88 Å². The molecule has 0 unspecified atom stereocenters. The molecule has 0 aliphatic carbocycles. The van der Waals surface area contributed by atoms with E-state index in [0.717, 1.165) is 5.56 Å². The molecule has 0 saturated carbocycles. The number of aryl methyl sites for hydroxylation is 1. The van der Waals surface area contributed by atoms with E-state index < -0.39 is 6.04 Å². The number of nitrogens with zero attached hydrogens (tertiary/aromatic N) is 2. The van der Waals surface area contributed by atoms with Crippen molar-refractivity contribution in [3.8, 4) is 0 Å². The Labute approximate surface area is 137 Å². The van der Waals surface area contributed by atoms with Gasteiger partial charge in [0, 0.05) is 19.4 Å². The van der Waals surface area contributed by atoms with Gasteiger partial charge in [-0.05, 0) is 40.1 Å².